The SMILES string of the molecule is Cc1cccc(NC(=O)COC(=O)CCC(=O)N(c2ccccc2)c2ccccc2)c1. The molecule has 0 aliphatic rings. The summed E-state index contributed by atoms with van der Waals surface area (Å²) in [5, 5.41) is 2.67. The number of ether oxygens (including phenoxy) is 1. The lowest BCUT2D eigenvalue weighted by Gasteiger charge is -2.23. The molecule has 6 nitrogen and oxygen atoms in total. The van der Waals surface area contributed by atoms with Crippen molar-refractivity contribution in [1.29, 1.82) is 0 Å². The minimum Gasteiger partial charge on any atom is -0.456 e. The molecule has 0 unspecified atom stereocenters. The van der Waals surface area contributed by atoms with Gasteiger partial charge in [-0.15, -0.1) is 0 Å². The van der Waals surface area contributed by atoms with Gasteiger partial charge in [-0.25, -0.2) is 0 Å². The lowest BCUT2D eigenvalue weighted by atomic mass is 10.2. The van der Waals surface area contributed by atoms with Crippen LogP contribution in [0.25, 0.3) is 0 Å². The number of carbonyl (C=O) groups is 3. The van der Waals surface area contributed by atoms with Crippen LogP contribution in [0.5, 0.6) is 0 Å². The van der Waals surface area contributed by atoms with Gasteiger partial charge in [0.2, 0.25) is 5.91 Å². The number of aryl methyl sites for hydroxylation is 1. The van der Waals surface area contributed by atoms with Crippen molar-refractivity contribution >= 4 is 34.8 Å². The van der Waals surface area contributed by atoms with Crippen LogP contribution >= 0.6 is 0 Å². The number of rotatable bonds is 8. The van der Waals surface area contributed by atoms with Gasteiger partial charge >= 0.3 is 5.97 Å². The van der Waals surface area contributed by atoms with Gasteiger partial charge in [0.15, 0.2) is 6.61 Å². The van der Waals surface area contributed by atoms with E-state index in [1.54, 1.807) is 11.0 Å². The van der Waals surface area contributed by atoms with Crippen molar-refractivity contribution in [2.24, 2.45) is 0 Å². The van der Waals surface area contributed by atoms with Crippen LogP contribution in [0.15, 0.2) is 84.9 Å². The Morgan fingerprint density at radius 2 is 1.42 bits per heavy atom. The Balaban J connectivity index is 1.53. The van der Waals surface area contributed by atoms with Crippen molar-refractivity contribution in [3.05, 3.63) is 90.5 Å². The fraction of sp³-hybridized carbons (Fsp3) is 0.160. The Hall–Kier alpha value is -3.93. The van der Waals surface area contributed by atoms with Crippen LogP contribution in [-0.4, -0.2) is 24.4 Å². The number of hydrogen-bond acceptors (Lipinski definition) is 4. The Morgan fingerprint density at radius 1 is 0.806 bits per heavy atom. The predicted octanol–water partition coefficient (Wildman–Crippen LogP) is 4.62. The Labute approximate surface area is 181 Å². The molecule has 3 rings (SSSR count). The van der Waals surface area contributed by atoms with Crippen LogP contribution < -0.4 is 10.2 Å². The molecule has 0 fully saturated rings. The van der Waals surface area contributed by atoms with E-state index >= 15 is 0 Å². The van der Waals surface area contributed by atoms with E-state index in [-0.39, 0.29) is 18.7 Å². The Kier molecular flexibility index (Phi) is 7.54. The fourth-order valence-corrected chi connectivity index (χ4v) is 3.05. The summed E-state index contributed by atoms with van der Waals surface area (Å²) < 4.78 is 5.03. The van der Waals surface area contributed by atoms with Gasteiger partial charge in [-0.2, -0.15) is 0 Å². The molecule has 3 aromatic rings. The predicted molar refractivity (Wildman–Crippen MR) is 120 cm³/mol. The largest absolute Gasteiger partial charge is 0.456 e. The molecule has 158 valence electrons. The smallest absolute Gasteiger partial charge is 0.306 e. The van der Waals surface area contributed by atoms with Gasteiger partial charge in [0.25, 0.3) is 5.91 Å². The van der Waals surface area contributed by atoms with Crippen LogP contribution in [0.4, 0.5) is 17.1 Å². The zero-order valence-corrected chi connectivity index (χ0v) is 17.3. The number of carbonyl (C=O) groups excluding carboxylic acids is 3. The van der Waals surface area contributed by atoms with Crippen LogP contribution in [0.1, 0.15) is 18.4 Å². The molecule has 0 saturated carbocycles. The van der Waals surface area contributed by atoms with Gasteiger partial charge < -0.3 is 10.1 Å². The summed E-state index contributed by atoms with van der Waals surface area (Å²) in [6, 6.07) is 25.8. The number of nitrogens with zero attached hydrogens (tertiary/aromatic N) is 1. The van der Waals surface area contributed by atoms with Gasteiger partial charge in [0.1, 0.15) is 0 Å². The summed E-state index contributed by atoms with van der Waals surface area (Å²) in [6.07, 6.45) is -0.158. The van der Waals surface area contributed by atoms with Crippen LogP contribution in [0.3, 0.4) is 0 Å². The van der Waals surface area contributed by atoms with Crippen molar-refractivity contribution in [3.8, 4) is 0 Å². The summed E-state index contributed by atoms with van der Waals surface area (Å²) >= 11 is 0. The molecule has 0 radical (unpaired) electrons. The summed E-state index contributed by atoms with van der Waals surface area (Å²) in [4.78, 5) is 38.5. The number of para-hydroxylation sites is 2. The Bertz CT molecular complexity index is 996. The third-order valence-electron chi connectivity index (χ3n) is 4.49. The fourth-order valence-electron chi connectivity index (χ4n) is 3.05. The minimum absolute atomic E-state index is 0.0396. The normalized spacial score (nSPS) is 10.2. The molecular formula is C25H24N2O4. The highest BCUT2D eigenvalue weighted by Gasteiger charge is 2.19. The van der Waals surface area contributed by atoms with Crippen LogP contribution in [0.2, 0.25) is 0 Å². The number of benzene rings is 3. The first kappa shape index (κ1) is 21.8. The van der Waals surface area contributed by atoms with Crippen LogP contribution in [0, 0.1) is 6.92 Å². The molecule has 0 bridgehead atoms. The monoisotopic (exact) mass is 416 g/mol. The number of amides is 2. The molecule has 0 atom stereocenters. The zero-order valence-electron chi connectivity index (χ0n) is 17.3. The van der Waals surface area contributed by atoms with Crippen molar-refractivity contribution in [2.75, 3.05) is 16.8 Å². The second-order valence-electron chi connectivity index (χ2n) is 6.98. The molecule has 0 saturated heterocycles. The number of nitrogens with one attached hydrogen (secondary N) is 1. The maximum Gasteiger partial charge on any atom is 0.306 e. The molecule has 0 aliphatic carbocycles. The molecule has 2 amide bonds. The summed E-state index contributed by atoms with van der Waals surface area (Å²) in [5.74, 6) is -1.27. The molecule has 6 heteroatoms. The van der Waals surface area contributed by atoms with E-state index < -0.39 is 18.5 Å². The highest BCUT2D eigenvalue weighted by Crippen LogP contribution is 2.26. The highest BCUT2D eigenvalue weighted by molar-refractivity contribution is 6.01. The van der Waals surface area contributed by atoms with Gasteiger partial charge in [0.05, 0.1) is 6.42 Å². The zero-order chi connectivity index (χ0) is 22.1. The average molecular weight is 416 g/mol. The van der Waals surface area contributed by atoms with E-state index in [1.807, 2.05) is 85.8 Å². The summed E-state index contributed by atoms with van der Waals surface area (Å²) in [6.45, 7) is 1.52. The van der Waals surface area contributed by atoms with E-state index in [4.69, 9.17) is 4.74 Å². The summed E-state index contributed by atoms with van der Waals surface area (Å²) in [7, 11) is 0. The van der Waals surface area contributed by atoms with E-state index in [0.29, 0.717) is 17.1 Å². The second-order valence-corrected chi connectivity index (χ2v) is 6.98. The summed E-state index contributed by atoms with van der Waals surface area (Å²) in [5.41, 5.74) is 3.07. The molecule has 0 aliphatic heterocycles. The second kappa shape index (κ2) is 10.7. The third-order valence-corrected chi connectivity index (χ3v) is 4.49. The van der Waals surface area contributed by atoms with Gasteiger partial charge in [-0.05, 0) is 48.9 Å². The third kappa shape index (κ3) is 6.54. The Morgan fingerprint density at radius 3 is 2.00 bits per heavy atom. The van der Waals surface area contributed by atoms with Crippen molar-refractivity contribution < 1.29 is 19.1 Å². The maximum absolute atomic E-state index is 12.9. The van der Waals surface area contributed by atoms with E-state index in [1.165, 1.54) is 0 Å². The van der Waals surface area contributed by atoms with Crippen molar-refractivity contribution in [2.45, 2.75) is 19.8 Å². The highest BCUT2D eigenvalue weighted by atomic mass is 16.5. The van der Waals surface area contributed by atoms with E-state index in [0.717, 1.165) is 5.56 Å². The number of anilines is 3. The maximum atomic E-state index is 12.9. The molecule has 31 heavy (non-hydrogen) atoms. The van der Waals surface area contributed by atoms with E-state index in [9.17, 15) is 14.4 Å². The van der Waals surface area contributed by atoms with Crippen LogP contribution in [-0.2, 0) is 19.1 Å². The number of hydrogen-bond donors (Lipinski definition) is 1. The first-order valence-electron chi connectivity index (χ1n) is 9.98. The van der Waals surface area contributed by atoms with E-state index in [2.05, 4.69) is 5.32 Å². The topological polar surface area (TPSA) is 75.7 Å². The van der Waals surface area contributed by atoms with Crippen molar-refractivity contribution in [1.82, 2.24) is 0 Å². The molecular weight excluding hydrogens is 392 g/mol. The van der Waals surface area contributed by atoms with Gasteiger partial charge in [0, 0.05) is 23.5 Å². The molecule has 3 aromatic carbocycles. The lowest BCUT2D eigenvalue weighted by Crippen LogP contribution is -2.27. The molecule has 0 heterocycles. The lowest BCUT2D eigenvalue weighted by molar-refractivity contribution is -0.148. The number of esters is 1. The quantitative estimate of drug-likeness (QED) is 0.544. The average Bonchev–Trinajstić information content (AvgIpc) is 2.78. The molecule has 0 aromatic heterocycles. The van der Waals surface area contributed by atoms with Gasteiger partial charge in [-0.3, -0.25) is 19.3 Å². The molecule has 0 spiro atoms. The van der Waals surface area contributed by atoms with Crippen molar-refractivity contribution in [3.63, 3.8) is 0 Å². The first-order chi connectivity index (χ1) is 15.0. The first-order valence-corrected chi connectivity index (χ1v) is 9.98. The standard InChI is InChI=1S/C25H24N2O4/c1-19-9-8-10-20(17-19)26-23(28)18-31-25(30)16-15-24(29)27(21-11-4-2-5-12-21)22-13-6-3-7-14-22/h2-14,17H,15-16,18H2,1H3,(H,26,28). The minimum atomic E-state index is -0.603. The molecule has 1 N–H and O–H groups in total. The van der Waals surface area contributed by atoms with Gasteiger partial charge in [-0.1, -0.05) is 48.5 Å².